The molecule has 5 N–H and O–H groups in total. The molecule has 3 aromatic carbocycles. The Morgan fingerprint density at radius 1 is 1.06 bits per heavy atom. The largest absolute Gasteiger partial charge is 0.507 e. The zero-order valence-electron chi connectivity index (χ0n) is 26.5. The minimum atomic E-state index is -1.18. The number of phenols is 1. The maximum atomic E-state index is 13.6. The molecule has 0 bridgehead atoms. The average Bonchev–Trinajstić information content (AvgIpc) is 3.52. The van der Waals surface area contributed by atoms with E-state index >= 15 is 0 Å². The lowest BCUT2D eigenvalue weighted by Crippen LogP contribution is -2.56. The SMILES string of the molecule is CC(C)(C)OC(=O)NC(c1ccccc1)C(O)N1CCCC[C@@H]1C(=O)Nc1ccc(C#Cc2cn[nH]c2-c2cc(Br)ccc2O)cc1. The lowest BCUT2D eigenvalue weighted by Gasteiger charge is -2.41. The van der Waals surface area contributed by atoms with Crippen molar-refractivity contribution in [3.05, 3.63) is 100 Å². The smallest absolute Gasteiger partial charge is 0.408 e. The lowest BCUT2D eigenvalue weighted by molar-refractivity contribution is -0.131. The molecule has 0 radical (unpaired) electrons. The molecule has 0 aliphatic carbocycles. The first kappa shape index (κ1) is 33.7. The highest BCUT2D eigenvalue weighted by molar-refractivity contribution is 9.10. The van der Waals surface area contributed by atoms with Crippen LogP contribution in [0.4, 0.5) is 10.5 Å². The number of nitrogens with one attached hydrogen (secondary N) is 3. The summed E-state index contributed by atoms with van der Waals surface area (Å²) in [4.78, 5) is 28.1. The van der Waals surface area contributed by atoms with Crippen LogP contribution in [0, 0.1) is 11.8 Å². The number of hydrogen-bond donors (Lipinski definition) is 5. The summed E-state index contributed by atoms with van der Waals surface area (Å²) in [5.74, 6) is 6.08. The van der Waals surface area contributed by atoms with E-state index in [0.717, 1.165) is 22.9 Å². The number of alkyl carbamates (subject to hydrolysis) is 1. The number of aromatic amines is 1. The lowest BCUT2D eigenvalue weighted by atomic mass is 9.97. The molecular formula is C36H38BrN5O5. The highest BCUT2D eigenvalue weighted by Crippen LogP contribution is 2.32. The second kappa shape index (κ2) is 14.9. The predicted octanol–water partition coefficient (Wildman–Crippen LogP) is 6.32. The van der Waals surface area contributed by atoms with Crippen molar-refractivity contribution in [2.45, 2.75) is 63.9 Å². The highest BCUT2D eigenvalue weighted by Gasteiger charge is 2.38. The van der Waals surface area contributed by atoms with Gasteiger partial charge in [-0.3, -0.25) is 14.8 Å². The van der Waals surface area contributed by atoms with Crippen LogP contribution in [0.15, 0.2) is 83.5 Å². The van der Waals surface area contributed by atoms with Crippen molar-refractivity contribution in [1.29, 1.82) is 0 Å². The predicted molar refractivity (Wildman–Crippen MR) is 183 cm³/mol. The van der Waals surface area contributed by atoms with Crippen molar-refractivity contribution < 1.29 is 24.5 Å². The number of ether oxygens (including phenoxy) is 1. The van der Waals surface area contributed by atoms with Crippen molar-refractivity contribution in [3.63, 3.8) is 0 Å². The van der Waals surface area contributed by atoms with E-state index in [1.807, 2.05) is 42.5 Å². The number of likely N-dealkylation sites (tertiary alicyclic amines) is 1. The minimum Gasteiger partial charge on any atom is -0.507 e. The highest BCUT2D eigenvalue weighted by atomic mass is 79.9. The maximum absolute atomic E-state index is 13.6. The number of benzene rings is 3. The van der Waals surface area contributed by atoms with Gasteiger partial charge in [-0.05, 0) is 81.6 Å². The number of carbonyl (C=O) groups is 2. The van der Waals surface area contributed by atoms with Crippen molar-refractivity contribution in [3.8, 4) is 28.8 Å². The number of halogens is 1. The number of carbonyl (C=O) groups excluding carboxylic acids is 2. The molecule has 1 aliphatic heterocycles. The molecule has 47 heavy (non-hydrogen) atoms. The number of aliphatic hydroxyl groups excluding tert-OH is 1. The summed E-state index contributed by atoms with van der Waals surface area (Å²) in [6.45, 7) is 5.81. The summed E-state index contributed by atoms with van der Waals surface area (Å²) in [6, 6.07) is 20.1. The molecule has 1 saturated heterocycles. The van der Waals surface area contributed by atoms with Gasteiger partial charge in [-0.1, -0.05) is 64.5 Å². The molecule has 1 aromatic heterocycles. The Balaban J connectivity index is 1.28. The number of nitrogens with zero attached hydrogens (tertiary/aromatic N) is 2. The maximum Gasteiger partial charge on any atom is 0.408 e. The van der Waals surface area contributed by atoms with Gasteiger partial charge < -0.3 is 25.6 Å². The van der Waals surface area contributed by atoms with E-state index in [9.17, 15) is 19.8 Å². The molecule has 2 heterocycles. The number of piperidine rings is 1. The Labute approximate surface area is 282 Å². The van der Waals surface area contributed by atoms with Crippen molar-refractivity contribution >= 4 is 33.6 Å². The third-order valence-corrected chi connectivity index (χ3v) is 8.17. The van der Waals surface area contributed by atoms with Gasteiger partial charge in [0.25, 0.3) is 0 Å². The molecule has 1 aliphatic rings. The molecule has 1 fully saturated rings. The molecule has 5 rings (SSSR count). The fourth-order valence-electron chi connectivity index (χ4n) is 5.47. The molecule has 3 atom stereocenters. The molecule has 11 heteroatoms. The molecular weight excluding hydrogens is 662 g/mol. The van der Waals surface area contributed by atoms with E-state index in [1.165, 1.54) is 0 Å². The van der Waals surface area contributed by atoms with Crippen molar-refractivity contribution in [2.75, 3.05) is 11.9 Å². The molecule has 4 aromatic rings. The van der Waals surface area contributed by atoms with Gasteiger partial charge in [0, 0.05) is 27.8 Å². The summed E-state index contributed by atoms with van der Waals surface area (Å²) < 4.78 is 6.29. The van der Waals surface area contributed by atoms with Crippen LogP contribution in [0.5, 0.6) is 5.75 Å². The topological polar surface area (TPSA) is 140 Å². The summed E-state index contributed by atoms with van der Waals surface area (Å²) >= 11 is 3.43. The fraction of sp³-hybridized carbons (Fsp3) is 0.306. The number of hydrogen-bond acceptors (Lipinski definition) is 7. The van der Waals surface area contributed by atoms with Gasteiger partial charge in [-0.2, -0.15) is 5.10 Å². The molecule has 0 saturated carbocycles. The third-order valence-electron chi connectivity index (χ3n) is 7.68. The number of aromatic hydroxyl groups is 1. The number of H-pyrrole nitrogens is 1. The van der Waals surface area contributed by atoms with Crippen LogP contribution in [-0.4, -0.2) is 61.7 Å². The Kier molecular flexibility index (Phi) is 10.7. The Morgan fingerprint density at radius 2 is 1.81 bits per heavy atom. The zero-order chi connectivity index (χ0) is 33.6. The summed E-state index contributed by atoms with van der Waals surface area (Å²) in [6.07, 6.45) is 1.97. The van der Waals surface area contributed by atoms with Gasteiger partial charge in [0.1, 0.15) is 17.6 Å². The van der Waals surface area contributed by atoms with Crippen LogP contribution in [0.3, 0.4) is 0 Å². The normalized spacial score (nSPS) is 16.3. The average molecular weight is 701 g/mol. The van der Waals surface area contributed by atoms with E-state index < -0.39 is 30.0 Å². The van der Waals surface area contributed by atoms with E-state index in [4.69, 9.17) is 4.74 Å². The van der Waals surface area contributed by atoms with Crippen molar-refractivity contribution in [1.82, 2.24) is 20.4 Å². The van der Waals surface area contributed by atoms with Crippen LogP contribution in [-0.2, 0) is 9.53 Å². The molecule has 244 valence electrons. The van der Waals surface area contributed by atoms with Gasteiger partial charge in [0.15, 0.2) is 0 Å². The van der Waals surface area contributed by atoms with E-state index in [-0.39, 0.29) is 11.7 Å². The molecule has 2 unspecified atom stereocenters. The standard InChI is InChI=1S/C36H38BrN5O5/c1-36(2,3)47-35(46)40-32(24-9-5-4-6-10-24)34(45)42-20-8-7-11-29(42)33(44)39-27-17-13-23(14-18-27)12-15-25-22-38-41-31(25)28-21-26(37)16-19-30(28)43/h4-6,9-10,13-14,16-19,21-22,29,32,34,43,45H,7-8,11,20H2,1-3H3,(H,38,41)(H,39,44)(H,40,46)/t29-,32?,34?/m1/s1. The second-order valence-corrected chi connectivity index (χ2v) is 13.3. The zero-order valence-corrected chi connectivity index (χ0v) is 28.0. The van der Waals surface area contributed by atoms with Crippen molar-refractivity contribution in [2.24, 2.45) is 0 Å². The Morgan fingerprint density at radius 3 is 2.53 bits per heavy atom. The van der Waals surface area contributed by atoms with E-state index in [1.54, 1.807) is 62.2 Å². The van der Waals surface area contributed by atoms with Crippen LogP contribution >= 0.6 is 15.9 Å². The fourth-order valence-corrected chi connectivity index (χ4v) is 5.83. The molecule has 10 nitrogen and oxygen atoms in total. The molecule has 0 spiro atoms. The number of phenolic OH excluding ortho intramolecular Hbond substituents is 1. The van der Waals surface area contributed by atoms with Gasteiger partial charge in [0.05, 0.1) is 29.5 Å². The molecule has 2 amide bonds. The Bertz CT molecular complexity index is 1760. The van der Waals surface area contributed by atoms with E-state index in [0.29, 0.717) is 41.0 Å². The third kappa shape index (κ3) is 8.80. The summed E-state index contributed by atoms with van der Waals surface area (Å²) in [5.41, 5.74) is 3.12. The number of aliphatic hydroxyl groups is 1. The first-order chi connectivity index (χ1) is 22.5. The van der Waals surface area contributed by atoms with Crippen LogP contribution in [0.2, 0.25) is 0 Å². The number of aromatic nitrogens is 2. The summed E-state index contributed by atoms with van der Waals surface area (Å²) in [5, 5.41) is 34.8. The van der Waals surface area contributed by atoms with Crippen LogP contribution in [0.25, 0.3) is 11.3 Å². The minimum absolute atomic E-state index is 0.111. The Hall–Kier alpha value is -4.63. The van der Waals surface area contributed by atoms with Gasteiger partial charge in [-0.25, -0.2) is 4.79 Å². The quantitative estimate of drug-likeness (QED) is 0.142. The van der Waals surface area contributed by atoms with E-state index in [2.05, 4.69) is 48.6 Å². The summed E-state index contributed by atoms with van der Waals surface area (Å²) in [7, 11) is 0. The first-order valence-corrected chi connectivity index (χ1v) is 16.2. The van der Waals surface area contributed by atoms with Crippen LogP contribution in [0.1, 0.15) is 62.8 Å². The number of rotatable bonds is 7. The first-order valence-electron chi connectivity index (χ1n) is 15.4. The second-order valence-electron chi connectivity index (χ2n) is 12.3. The van der Waals surface area contributed by atoms with Gasteiger partial charge in [-0.15, -0.1) is 0 Å². The van der Waals surface area contributed by atoms with Gasteiger partial charge in [0.2, 0.25) is 5.91 Å². The number of anilines is 1. The van der Waals surface area contributed by atoms with Crippen LogP contribution < -0.4 is 10.6 Å². The van der Waals surface area contributed by atoms with Gasteiger partial charge >= 0.3 is 6.09 Å². The number of amides is 2. The monoisotopic (exact) mass is 699 g/mol.